The summed E-state index contributed by atoms with van der Waals surface area (Å²) >= 11 is 1.75. The fourth-order valence-corrected chi connectivity index (χ4v) is 5.72. The molecule has 5 rings (SSSR count). The number of fused-ring (bicyclic) bond motifs is 1. The number of carbonyl (C=O) groups excluding carboxylic acids is 2. The van der Waals surface area contributed by atoms with Gasteiger partial charge in [-0.25, -0.2) is 4.98 Å². The van der Waals surface area contributed by atoms with Gasteiger partial charge in [0.05, 0.1) is 11.4 Å². The molecule has 2 aliphatic heterocycles. The molecule has 7 nitrogen and oxygen atoms in total. The number of nitrogens with one attached hydrogen (secondary N) is 2. The highest BCUT2D eigenvalue weighted by molar-refractivity contribution is 7.98. The van der Waals surface area contributed by atoms with Gasteiger partial charge in [0, 0.05) is 49.4 Å². The van der Waals surface area contributed by atoms with Gasteiger partial charge in [0.1, 0.15) is 11.9 Å². The van der Waals surface area contributed by atoms with Crippen LogP contribution in [0.3, 0.4) is 0 Å². The minimum Gasteiger partial charge on any atom is -0.371 e. The predicted octanol–water partition coefficient (Wildman–Crippen LogP) is 4.33. The number of aromatic nitrogens is 1. The Kier molecular flexibility index (Phi) is 7.13. The molecule has 0 radical (unpaired) electrons. The zero-order valence-electron chi connectivity index (χ0n) is 20.7. The largest absolute Gasteiger partial charge is 0.371 e. The molecule has 0 spiro atoms. The first-order valence-corrected chi connectivity index (χ1v) is 13.4. The van der Waals surface area contributed by atoms with Gasteiger partial charge in [0.2, 0.25) is 5.91 Å². The molecule has 1 fully saturated rings. The van der Waals surface area contributed by atoms with Crippen molar-refractivity contribution in [3.63, 3.8) is 0 Å². The first-order valence-electron chi connectivity index (χ1n) is 12.3. The number of thioether (sulfide) groups is 1. The van der Waals surface area contributed by atoms with E-state index in [2.05, 4.69) is 52.6 Å². The third-order valence-corrected chi connectivity index (χ3v) is 7.84. The van der Waals surface area contributed by atoms with Crippen molar-refractivity contribution >= 4 is 40.8 Å². The number of benzene rings is 2. The number of carbonyl (C=O) groups is 2. The molecule has 2 aliphatic rings. The number of hydrogen-bond donors (Lipinski definition) is 2. The van der Waals surface area contributed by atoms with Crippen LogP contribution in [0.25, 0.3) is 0 Å². The Morgan fingerprint density at radius 1 is 1.03 bits per heavy atom. The molecule has 36 heavy (non-hydrogen) atoms. The molecule has 186 valence electrons. The third kappa shape index (κ3) is 5.33. The average molecular weight is 502 g/mol. The van der Waals surface area contributed by atoms with Crippen molar-refractivity contribution in [3.8, 4) is 0 Å². The quantitative estimate of drug-likeness (QED) is 0.524. The van der Waals surface area contributed by atoms with Crippen molar-refractivity contribution in [2.45, 2.75) is 25.6 Å². The lowest BCUT2D eigenvalue weighted by Gasteiger charge is -2.35. The molecule has 0 saturated carbocycles. The zero-order valence-corrected chi connectivity index (χ0v) is 21.5. The van der Waals surface area contributed by atoms with Crippen LogP contribution in [0.15, 0.2) is 60.8 Å². The standard InChI is InChI=1S/C28H31N5O2S/c1-19-6-7-20(2)22(15-19)17-36-18-25-27(34)31-24-16-21(8-9-23(24)30-25)28(35)33-13-11-32(12-14-33)26-5-3-4-10-29-26/h3-10,15-16,25,30H,11-14,17-18H2,1-2H3,(H,31,34)/t25-/m1/s1. The van der Waals surface area contributed by atoms with Crippen molar-refractivity contribution < 1.29 is 9.59 Å². The molecule has 2 N–H and O–H groups in total. The van der Waals surface area contributed by atoms with E-state index >= 15 is 0 Å². The van der Waals surface area contributed by atoms with E-state index in [0.717, 1.165) is 30.3 Å². The van der Waals surface area contributed by atoms with E-state index in [1.54, 1.807) is 24.0 Å². The smallest absolute Gasteiger partial charge is 0.254 e. The number of nitrogens with zero attached hydrogens (tertiary/aromatic N) is 3. The molecule has 2 amide bonds. The van der Waals surface area contributed by atoms with Gasteiger partial charge in [0.15, 0.2) is 0 Å². The maximum absolute atomic E-state index is 13.2. The molecule has 0 unspecified atom stereocenters. The number of anilines is 3. The monoisotopic (exact) mass is 501 g/mol. The van der Waals surface area contributed by atoms with Crippen LogP contribution in [-0.2, 0) is 10.5 Å². The van der Waals surface area contributed by atoms with Gasteiger partial charge >= 0.3 is 0 Å². The number of aryl methyl sites for hydroxylation is 2. The normalized spacial score (nSPS) is 17.3. The summed E-state index contributed by atoms with van der Waals surface area (Å²) in [6.45, 7) is 6.98. The molecule has 1 atom stereocenters. The molecule has 3 heterocycles. The van der Waals surface area contributed by atoms with Crippen LogP contribution in [0.1, 0.15) is 27.0 Å². The molecule has 8 heteroatoms. The molecule has 0 bridgehead atoms. The van der Waals surface area contributed by atoms with E-state index in [4.69, 9.17) is 0 Å². The number of amides is 2. The van der Waals surface area contributed by atoms with E-state index in [1.807, 2.05) is 35.2 Å². The van der Waals surface area contributed by atoms with E-state index in [-0.39, 0.29) is 17.9 Å². The summed E-state index contributed by atoms with van der Waals surface area (Å²) in [6, 6.07) is 17.6. The lowest BCUT2D eigenvalue weighted by molar-refractivity contribution is -0.116. The highest BCUT2D eigenvalue weighted by Crippen LogP contribution is 2.30. The minimum atomic E-state index is -0.311. The van der Waals surface area contributed by atoms with Crippen molar-refractivity contribution in [1.29, 1.82) is 0 Å². The number of rotatable bonds is 6. The summed E-state index contributed by atoms with van der Waals surface area (Å²) in [5.41, 5.74) is 5.93. The van der Waals surface area contributed by atoms with Crippen molar-refractivity contribution in [2.24, 2.45) is 0 Å². The van der Waals surface area contributed by atoms with Gasteiger partial charge in [-0.05, 0) is 55.3 Å². The van der Waals surface area contributed by atoms with Gasteiger partial charge in [0.25, 0.3) is 5.91 Å². The second-order valence-corrected chi connectivity index (χ2v) is 10.4. The summed E-state index contributed by atoms with van der Waals surface area (Å²) in [5.74, 6) is 2.39. The van der Waals surface area contributed by atoms with E-state index in [0.29, 0.717) is 30.1 Å². The summed E-state index contributed by atoms with van der Waals surface area (Å²) in [4.78, 5) is 34.4. The van der Waals surface area contributed by atoms with Crippen molar-refractivity contribution in [1.82, 2.24) is 9.88 Å². The van der Waals surface area contributed by atoms with Crippen LogP contribution in [0.5, 0.6) is 0 Å². The average Bonchev–Trinajstić information content (AvgIpc) is 2.91. The first-order chi connectivity index (χ1) is 17.5. The number of hydrogen-bond acceptors (Lipinski definition) is 6. The molecule has 0 aliphatic carbocycles. The van der Waals surface area contributed by atoms with E-state index < -0.39 is 0 Å². The number of piperazine rings is 1. The predicted molar refractivity (Wildman–Crippen MR) is 147 cm³/mol. The van der Waals surface area contributed by atoms with Crippen LogP contribution in [0.4, 0.5) is 17.2 Å². The first kappa shape index (κ1) is 24.2. The van der Waals surface area contributed by atoms with E-state index in [1.165, 1.54) is 16.7 Å². The molecule has 2 aromatic carbocycles. The highest BCUT2D eigenvalue weighted by Gasteiger charge is 2.28. The second kappa shape index (κ2) is 10.6. The van der Waals surface area contributed by atoms with Gasteiger partial charge in [-0.3, -0.25) is 9.59 Å². The van der Waals surface area contributed by atoms with Crippen LogP contribution in [0.2, 0.25) is 0 Å². The van der Waals surface area contributed by atoms with Crippen molar-refractivity contribution in [2.75, 3.05) is 47.5 Å². The third-order valence-electron chi connectivity index (χ3n) is 6.76. The Morgan fingerprint density at radius 2 is 1.86 bits per heavy atom. The van der Waals surface area contributed by atoms with Crippen LogP contribution >= 0.6 is 11.8 Å². The number of pyridine rings is 1. The minimum absolute atomic E-state index is 0.0149. The Labute approximate surface area is 216 Å². The lowest BCUT2D eigenvalue weighted by Crippen LogP contribution is -2.49. The summed E-state index contributed by atoms with van der Waals surface area (Å²) < 4.78 is 0. The topological polar surface area (TPSA) is 77.6 Å². The van der Waals surface area contributed by atoms with Gasteiger partial charge in [-0.1, -0.05) is 29.8 Å². The molecule has 1 saturated heterocycles. The van der Waals surface area contributed by atoms with Gasteiger partial charge < -0.3 is 20.4 Å². The van der Waals surface area contributed by atoms with Crippen LogP contribution < -0.4 is 15.5 Å². The fourth-order valence-electron chi connectivity index (χ4n) is 4.60. The molecular weight excluding hydrogens is 470 g/mol. The van der Waals surface area contributed by atoms with E-state index in [9.17, 15) is 9.59 Å². The Balaban J connectivity index is 1.17. The molecule has 3 aromatic rings. The fraction of sp³-hybridized carbons (Fsp3) is 0.321. The van der Waals surface area contributed by atoms with Gasteiger partial charge in [-0.2, -0.15) is 11.8 Å². The second-order valence-electron chi connectivity index (χ2n) is 9.36. The molecule has 1 aromatic heterocycles. The summed E-state index contributed by atoms with van der Waals surface area (Å²) in [5, 5.41) is 6.36. The maximum Gasteiger partial charge on any atom is 0.254 e. The van der Waals surface area contributed by atoms with Crippen LogP contribution in [-0.4, -0.2) is 59.7 Å². The highest BCUT2D eigenvalue weighted by atomic mass is 32.2. The lowest BCUT2D eigenvalue weighted by atomic mass is 10.1. The molecular formula is C28H31N5O2S. The van der Waals surface area contributed by atoms with Gasteiger partial charge in [-0.15, -0.1) is 0 Å². The summed E-state index contributed by atoms with van der Waals surface area (Å²) in [6.07, 6.45) is 1.79. The Morgan fingerprint density at radius 3 is 2.64 bits per heavy atom. The van der Waals surface area contributed by atoms with Crippen molar-refractivity contribution in [3.05, 3.63) is 83.0 Å². The maximum atomic E-state index is 13.2. The summed E-state index contributed by atoms with van der Waals surface area (Å²) in [7, 11) is 0. The Bertz CT molecular complexity index is 1260. The van der Waals surface area contributed by atoms with Crippen LogP contribution in [0, 0.1) is 13.8 Å². The SMILES string of the molecule is Cc1ccc(C)c(CSC[C@H]2Nc3ccc(C(=O)N4CCN(c5ccccn5)CC4)cc3NC2=O)c1. The zero-order chi connectivity index (χ0) is 25.1. The Hall–Kier alpha value is -3.52.